The lowest BCUT2D eigenvalue weighted by atomic mass is 9.81. The first-order valence-corrected chi connectivity index (χ1v) is 7.36. The molecule has 0 amide bonds. The normalized spacial score (nSPS) is 15.4. The Morgan fingerprint density at radius 1 is 1.05 bits per heavy atom. The Kier molecular flexibility index (Phi) is 5.20. The van der Waals surface area contributed by atoms with Gasteiger partial charge in [0.2, 0.25) is 0 Å². The Morgan fingerprint density at radius 2 is 1.53 bits per heavy atom. The number of hydrogen-bond acceptors (Lipinski definition) is 1. The second kappa shape index (κ2) is 6.09. The molecule has 0 fully saturated rings. The highest BCUT2D eigenvalue weighted by molar-refractivity contribution is 5.38. The Morgan fingerprint density at radius 3 is 1.95 bits per heavy atom. The molecule has 0 aliphatic rings. The van der Waals surface area contributed by atoms with Gasteiger partial charge >= 0.3 is 0 Å². The van der Waals surface area contributed by atoms with E-state index in [0.29, 0.717) is 11.3 Å². The van der Waals surface area contributed by atoms with Crippen LogP contribution in [0.4, 0.5) is 0 Å². The van der Waals surface area contributed by atoms with Crippen LogP contribution < -0.4 is 0 Å². The van der Waals surface area contributed by atoms with Gasteiger partial charge in [0, 0.05) is 0 Å². The number of aryl methyl sites for hydroxylation is 3. The number of benzene rings is 1. The molecular formula is C18H30O. The maximum atomic E-state index is 10.5. The van der Waals surface area contributed by atoms with E-state index in [1.165, 1.54) is 16.7 Å². The van der Waals surface area contributed by atoms with Gasteiger partial charge in [-0.25, -0.2) is 0 Å². The minimum Gasteiger partial charge on any atom is -0.388 e. The van der Waals surface area contributed by atoms with Crippen LogP contribution in [0.15, 0.2) is 12.1 Å². The molecule has 0 saturated heterocycles. The molecular weight excluding hydrogens is 232 g/mol. The Labute approximate surface area is 119 Å². The smallest absolute Gasteiger partial charge is 0.0797 e. The second-order valence-electron chi connectivity index (χ2n) is 7.43. The van der Waals surface area contributed by atoms with Crippen molar-refractivity contribution in [3.8, 4) is 0 Å². The van der Waals surface area contributed by atoms with Crippen LogP contribution >= 0.6 is 0 Å². The van der Waals surface area contributed by atoms with Crippen LogP contribution in [-0.4, -0.2) is 5.11 Å². The molecule has 0 radical (unpaired) electrons. The van der Waals surface area contributed by atoms with Gasteiger partial charge in [0.05, 0.1) is 6.10 Å². The molecule has 0 spiro atoms. The summed E-state index contributed by atoms with van der Waals surface area (Å²) in [5, 5.41) is 10.5. The molecule has 1 N–H and O–H groups in total. The van der Waals surface area contributed by atoms with Crippen LogP contribution in [0.1, 0.15) is 68.9 Å². The third-order valence-electron chi connectivity index (χ3n) is 3.66. The molecule has 2 atom stereocenters. The van der Waals surface area contributed by atoms with Crippen molar-refractivity contribution in [1.29, 1.82) is 0 Å². The van der Waals surface area contributed by atoms with E-state index in [1.807, 2.05) is 0 Å². The van der Waals surface area contributed by atoms with Crippen LogP contribution in [0.25, 0.3) is 0 Å². The largest absolute Gasteiger partial charge is 0.388 e. The van der Waals surface area contributed by atoms with E-state index in [2.05, 4.69) is 60.6 Å². The van der Waals surface area contributed by atoms with Crippen molar-refractivity contribution in [1.82, 2.24) is 0 Å². The van der Waals surface area contributed by atoms with E-state index in [4.69, 9.17) is 0 Å². The summed E-state index contributed by atoms with van der Waals surface area (Å²) in [6, 6.07) is 4.33. The quantitative estimate of drug-likeness (QED) is 0.799. The molecule has 1 rings (SSSR count). The van der Waals surface area contributed by atoms with Crippen molar-refractivity contribution in [2.75, 3.05) is 0 Å². The lowest BCUT2D eigenvalue weighted by molar-refractivity contribution is 0.133. The summed E-state index contributed by atoms with van der Waals surface area (Å²) in [6.07, 6.45) is 1.66. The second-order valence-corrected chi connectivity index (χ2v) is 7.43. The Bertz CT molecular complexity index is 403. The van der Waals surface area contributed by atoms with Crippen molar-refractivity contribution < 1.29 is 5.11 Å². The molecule has 0 saturated carbocycles. The highest BCUT2D eigenvalue weighted by Gasteiger charge is 2.20. The predicted octanol–water partition coefficient (Wildman–Crippen LogP) is 5.11. The van der Waals surface area contributed by atoms with Gasteiger partial charge in [-0.05, 0) is 61.6 Å². The van der Waals surface area contributed by atoms with E-state index in [0.717, 1.165) is 18.4 Å². The average molecular weight is 262 g/mol. The first-order chi connectivity index (χ1) is 8.60. The number of aliphatic hydroxyl groups is 1. The number of hydrogen-bond donors (Lipinski definition) is 1. The van der Waals surface area contributed by atoms with Crippen molar-refractivity contribution in [3.05, 3.63) is 34.4 Å². The van der Waals surface area contributed by atoms with E-state index in [-0.39, 0.29) is 6.10 Å². The number of rotatable bonds is 4. The zero-order chi connectivity index (χ0) is 14.8. The van der Waals surface area contributed by atoms with Crippen molar-refractivity contribution in [2.24, 2.45) is 11.3 Å². The Balaban J connectivity index is 2.81. The summed E-state index contributed by atoms with van der Waals surface area (Å²) in [5.74, 6) is 0.537. The molecule has 1 aromatic rings. The minimum absolute atomic E-state index is 0.330. The van der Waals surface area contributed by atoms with E-state index in [9.17, 15) is 5.11 Å². The standard InChI is InChI=1S/C18H30O/c1-12-8-14(3)17(15(4)9-12)16(19)10-13(2)11-18(5,6)7/h8-9,13,16,19H,10-11H2,1-7H3. The van der Waals surface area contributed by atoms with Gasteiger partial charge in [-0.3, -0.25) is 0 Å². The van der Waals surface area contributed by atoms with Gasteiger partial charge in [-0.1, -0.05) is 45.4 Å². The maximum absolute atomic E-state index is 10.5. The summed E-state index contributed by atoms with van der Waals surface area (Å²) in [7, 11) is 0. The summed E-state index contributed by atoms with van der Waals surface area (Å²) in [6.45, 7) is 15.3. The first-order valence-electron chi connectivity index (χ1n) is 7.36. The third-order valence-corrected chi connectivity index (χ3v) is 3.66. The fourth-order valence-corrected chi connectivity index (χ4v) is 3.34. The van der Waals surface area contributed by atoms with Gasteiger partial charge in [0.1, 0.15) is 0 Å². The summed E-state index contributed by atoms with van der Waals surface area (Å²) >= 11 is 0. The van der Waals surface area contributed by atoms with Crippen molar-refractivity contribution >= 4 is 0 Å². The van der Waals surface area contributed by atoms with Gasteiger partial charge in [-0.2, -0.15) is 0 Å². The molecule has 0 aromatic heterocycles. The topological polar surface area (TPSA) is 20.2 Å². The molecule has 0 bridgehead atoms. The monoisotopic (exact) mass is 262 g/mol. The van der Waals surface area contributed by atoms with Crippen molar-refractivity contribution in [2.45, 2.75) is 67.4 Å². The highest BCUT2D eigenvalue weighted by atomic mass is 16.3. The molecule has 108 valence electrons. The highest BCUT2D eigenvalue weighted by Crippen LogP contribution is 2.33. The molecule has 1 heteroatoms. The average Bonchev–Trinajstić information content (AvgIpc) is 2.10. The van der Waals surface area contributed by atoms with Crippen LogP contribution in [0, 0.1) is 32.1 Å². The molecule has 0 aliphatic heterocycles. The minimum atomic E-state index is -0.335. The molecule has 19 heavy (non-hydrogen) atoms. The van der Waals surface area contributed by atoms with E-state index < -0.39 is 0 Å². The zero-order valence-electron chi connectivity index (χ0n) is 13.7. The summed E-state index contributed by atoms with van der Waals surface area (Å²) < 4.78 is 0. The lowest BCUT2D eigenvalue weighted by Crippen LogP contribution is -2.14. The van der Waals surface area contributed by atoms with Crippen molar-refractivity contribution in [3.63, 3.8) is 0 Å². The fourth-order valence-electron chi connectivity index (χ4n) is 3.34. The maximum Gasteiger partial charge on any atom is 0.0797 e. The molecule has 0 aliphatic carbocycles. The van der Waals surface area contributed by atoms with E-state index >= 15 is 0 Å². The number of aliphatic hydroxyl groups excluding tert-OH is 1. The van der Waals surface area contributed by atoms with Crippen LogP contribution in [-0.2, 0) is 0 Å². The Hall–Kier alpha value is -0.820. The van der Waals surface area contributed by atoms with Gasteiger partial charge in [-0.15, -0.1) is 0 Å². The molecule has 2 unspecified atom stereocenters. The van der Waals surface area contributed by atoms with Crippen LogP contribution in [0.2, 0.25) is 0 Å². The molecule has 1 nitrogen and oxygen atoms in total. The van der Waals surface area contributed by atoms with Gasteiger partial charge < -0.3 is 5.11 Å². The zero-order valence-corrected chi connectivity index (χ0v) is 13.7. The predicted molar refractivity (Wildman–Crippen MR) is 83.5 cm³/mol. The van der Waals surface area contributed by atoms with Crippen LogP contribution in [0.3, 0.4) is 0 Å². The van der Waals surface area contributed by atoms with Gasteiger partial charge in [0.15, 0.2) is 0 Å². The first kappa shape index (κ1) is 16.2. The summed E-state index contributed by atoms with van der Waals surface area (Å²) in [4.78, 5) is 0. The third kappa shape index (κ3) is 4.99. The van der Waals surface area contributed by atoms with E-state index in [1.54, 1.807) is 0 Å². The molecule has 1 aromatic carbocycles. The van der Waals surface area contributed by atoms with Gasteiger partial charge in [0.25, 0.3) is 0 Å². The lowest BCUT2D eigenvalue weighted by Gasteiger charge is -2.26. The SMILES string of the molecule is Cc1cc(C)c(C(O)CC(C)CC(C)(C)C)c(C)c1. The van der Waals surface area contributed by atoms with Crippen LogP contribution in [0.5, 0.6) is 0 Å². The summed E-state index contributed by atoms with van der Waals surface area (Å²) in [5.41, 5.74) is 5.16. The molecule has 0 heterocycles. The fraction of sp³-hybridized carbons (Fsp3) is 0.667.